The molecule has 0 radical (unpaired) electrons. The Hall–Kier alpha value is -2.68. The Morgan fingerprint density at radius 1 is 1.39 bits per heavy atom. The number of aromatic nitrogens is 4. The molecular weight excluding hydrogens is 321 g/mol. The molecule has 0 aliphatic rings. The number of amides is 1. The second kappa shape index (κ2) is 6.21. The lowest BCUT2D eigenvalue weighted by Crippen LogP contribution is -2.15. The Morgan fingerprint density at radius 2 is 2.17 bits per heavy atom. The summed E-state index contributed by atoms with van der Waals surface area (Å²) in [6.45, 7) is 1.75. The van der Waals surface area contributed by atoms with Crippen molar-refractivity contribution in [3.05, 3.63) is 52.2 Å². The number of anilines is 1. The average molecular weight is 333 g/mol. The predicted molar refractivity (Wildman–Crippen MR) is 84.1 cm³/mol. The molecule has 0 saturated carbocycles. The number of nitrogens with one attached hydrogen (secondary N) is 2. The number of hydrogen-bond acceptors (Lipinski definition) is 5. The molecule has 3 rings (SSSR count). The van der Waals surface area contributed by atoms with Crippen molar-refractivity contribution < 1.29 is 9.18 Å². The van der Waals surface area contributed by atoms with E-state index in [2.05, 4.69) is 20.5 Å². The Balaban J connectivity index is 1.72. The SMILES string of the molecule is Cc1cc(=O)[nH]c2nnc(SCC(=O)Nc3ccccc3F)n12. The van der Waals surface area contributed by atoms with Crippen LogP contribution in [0.2, 0.25) is 0 Å². The van der Waals surface area contributed by atoms with Gasteiger partial charge in [-0.25, -0.2) is 4.39 Å². The van der Waals surface area contributed by atoms with Gasteiger partial charge in [-0.3, -0.25) is 19.0 Å². The maximum Gasteiger partial charge on any atom is 0.252 e. The van der Waals surface area contributed by atoms with Gasteiger partial charge in [0.25, 0.3) is 5.56 Å². The lowest BCUT2D eigenvalue weighted by Gasteiger charge is -2.06. The van der Waals surface area contributed by atoms with E-state index >= 15 is 0 Å². The molecular formula is C14H12FN5O2S. The van der Waals surface area contributed by atoms with Crippen molar-refractivity contribution in [3.8, 4) is 0 Å². The standard InChI is InChI=1S/C14H12FN5O2S/c1-8-6-11(21)17-13-18-19-14(20(8)13)23-7-12(22)16-10-5-3-2-4-9(10)15/h2-6H,7H2,1H3,(H,16,22)(H,17,18,21). The Bertz CT molecular complexity index is 936. The molecule has 1 amide bonds. The van der Waals surface area contributed by atoms with E-state index < -0.39 is 5.82 Å². The molecule has 1 aromatic carbocycles. The van der Waals surface area contributed by atoms with E-state index in [4.69, 9.17) is 0 Å². The Morgan fingerprint density at radius 3 is 2.96 bits per heavy atom. The number of thioether (sulfide) groups is 1. The quantitative estimate of drug-likeness (QED) is 0.708. The molecule has 0 saturated heterocycles. The maximum absolute atomic E-state index is 13.5. The van der Waals surface area contributed by atoms with Crippen molar-refractivity contribution in [3.63, 3.8) is 0 Å². The molecule has 2 heterocycles. The highest BCUT2D eigenvalue weighted by molar-refractivity contribution is 7.99. The van der Waals surface area contributed by atoms with Crippen molar-refractivity contribution >= 4 is 29.1 Å². The van der Waals surface area contributed by atoms with Gasteiger partial charge in [-0.15, -0.1) is 10.2 Å². The number of fused-ring (bicyclic) bond motifs is 1. The van der Waals surface area contributed by atoms with E-state index in [1.165, 1.54) is 18.2 Å². The Labute approximate surface area is 133 Å². The molecule has 0 bridgehead atoms. The number of halogens is 1. The van der Waals surface area contributed by atoms with Crippen LogP contribution in [0.4, 0.5) is 10.1 Å². The summed E-state index contributed by atoms with van der Waals surface area (Å²) >= 11 is 1.14. The molecule has 3 aromatic rings. The summed E-state index contributed by atoms with van der Waals surface area (Å²) in [6, 6.07) is 7.36. The van der Waals surface area contributed by atoms with Crippen LogP contribution in [0.25, 0.3) is 5.78 Å². The molecule has 0 atom stereocenters. The smallest absolute Gasteiger partial charge is 0.252 e. The first-order valence-electron chi connectivity index (χ1n) is 6.67. The molecule has 23 heavy (non-hydrogen) atoms. The lowest BCUT2D eigenvalue weighted by molar-refractivity contribution is -0.113. The summed E-state index contributed by atoms with van der Waals surface area (Å²) in [4.78, 5) is 25.8. The number of aromatic amines is 1. The van der Waals surface area contributed by atoms with Crippen LogP contribution in [0.5, 0.6) is 0 Å². The van der Waals surface area contributed by atoms with Gasteiger partial charge in [-0.05, 0) is 19.1 Å². The van der Waals surface area contributed by atoms with E-state index in [-0.39, 0.29) is 22.9 Å². The fraction of sp³-hybridized carbons (Fsp3) is 0.143. The molecule has 0 fully saturated rings. The van der Waals surface area contributed by atoms with Gasteiger partial charge in [0.2, 0.25) is 11.7 Å². The number of carbonyl (C=O) groups excluding carboxylic acids is 1. The van der Waals surface area contributed by atoms with Crippen LogP contribution >= 0.6 is 11.8 Å². The Kier molecular flexibility index (Phi) is 4.11. The normalized spacial score (nSPS) is 10.9. The second-order valence-corrected chi connectivity index (χ2v) is 5.68. The summed E-state index contributed by atoms with van der Waals surface area (Å²) in [5, 5.41) is 10.8. The number of benzene rings is 1. The number of carbonyl (C=O) groups is 1. The van der Waals surface area contributed by atoms with Gasteiger partial charge in [0.1, 0.15) is 5.82 Å². The van der Waals surface area contributed by atoms with Gasteiger partial charge in [0.15, 0.2) is 5.16 Å². The topological polar surface area (TPSA) is 92.2 Å². The lowest BCUT2D eigenvalue weighted by atomic mass is 10.3. The van der Waals surface area contributed by atoms with Gasteiger partial charge in [-0.2, -0.15) is 0 Å². The third-order valence-electron chi connectivity index (χ3n) is 3.04. The van der Waals surface area contributed by atoms with E-state index in [1.54, 1.807) is 23.5 Å². The van der Waals surface area contributed by atoms with Crippen molar-refractivity contribution in [2.75, 3.05) is 11.1 Å². The van der Waals surface area contributed by atoms with Crippen LogP contribution in [0.15, 0.2) is 40.3 Å². The van der Waals surface area contributed by atoms with Gasteiger partial charge < -0.3 is 5.32 Å². The number of para-hydroxylation sites is 1. The highest BCUT2D eigenvalue weighted by atomic mass is 32.2. The molecule has 2 N–H and O–H groups in total. The van der Waals surface area contributed by atoms with E-state index in [9.17, 15) is 14.0 Å². The van der Waals surface area contributed by atoms with Crippen molar-refractivity contribution in [1.82, 2.24) is 19.6 Å². The fourth-order valence-electron chi connectivity index (χ4n) is 2.04. The molecule has 0 unspecified atom stereocenters. The van der Waals surface area contributed by atoms with Crippen molar-refractivity contribution in [1.29, 1.82) is 0 Å². The molecule has 0 aliphatic carbocycles. The van der Waals surface area contributed by atoms with Crippen LogP contribution in [-0.4, -0.2) is 31.2 Å². The maximum atomic E-state index is 13.5. The number of H-pyrrole nitrogens is 1. The summed E-state index contributed by atoms with van der Waals surface area (Å²) in [5.41, 5.74) is 0.520. The predicted octanol–water partition coefficient (Wildman–Crippen LogP) is 1.60. The van der Waals surface area contributed by atoms with Crippen molar-refractivity contribution in [2.24, 2.45) is 0 Å². The third-order valence-corrected chi connectivity index (χ3v) is 3.97. The van der Waals surface area contributed by atoms with E-state index in [0.29, 0.717) is 16.6 Å². The molecule has 9 heteroatoms. The largest absolute Gasteiger partial charge is 0.323 e. The van der Waals surface area contributed by atoms with Crippen LogP contribution in [-0.2, 0) is 4.79 Å². The summed E-state index contributed by atoms with van der Waals surface area (Å²) in [7, 11) is 0. The zero-order valence-corrected chi connectivity index (χ0v) is 12.9. The minimum Gasteiger partial charge on any atom is -0.323 e. The minimum absolute atomic E-state index is 0.0354. The summed E-state index contributed by atoms with van der Waals surface area (Å²) in [6.07, 6.45) is 0. The van der Waals surface area contributed by atoms with E-state index in [1.807, 2.05) is 0 Å². The molecule has 0 aliphatic heterocycles. The van der Waals surface area contributed by atoms with Gasteiger partial charge in [-0.1, -0.05) is 23.9 Å². The number of nitrogens with zero attached hydrogens (tertiary/aromatic N) is 3. The highest BCUT2D eigenvalue weighted by Gasteiger charge is 2.12. The first-order valence-corrected chi connectivity index (χ1v) is 7.65. The van der Waals surface area contributed by atoms with Crippen LogP contribution in [0.1, 0.15) is 5.69 Å². The van der Waals surface area contributed by atoms with Crippen LogP contribution < -0.4 is 10.9 Å². The molecule has 7 nitrogen and oxygen atoms in total. The fourth-order valence-corrected chi connectivity index (χ4v) is 2.83. The first-order chi connectivity index (χ1) is 11.0. The average Bonchev–Trinajstić information content (AvgIpc) is 2.90. The highest BCUT2D eigenvalue weighted by Crippen LogP contribution is 2.18. The monoisotopic (exact) mass is 333 g/mol. The number of rotatable bonds is 4. The summed E-state index contributed by atoms with van der Waals surface area (Å²) < 4.78 is 15.1. The van der Waals surface area contributed by atoms with Crippen LogP contribution in [0, 0.1) is 12.7 Å². The molecule has 118 valence electrons. The van der Waals surface area contributed by atoms with Gasteiger partial charge >= 0.3 is 0 Å². The van der Waals surface area contributed by atoms with Crippen molar-refractivity contribution in [2.45, 2.75) is 12.1 Å². The summed E-state index contributed by atoms with van der Waals surface area (Å²) in [5.74, 6) is -0.508. The van der Waals surface area contributed by atoms with Crippen LogP contribution in [0.3, 0.4) is 0 Å². The van der Waals surface area contributed by atoms with Gasteiger partial charge in [0.05, 0.1) is 11.4 Å². The zero-order valence-electron chi connectivity index (χ0n) is 12.0. The molecule has 0 spiro atoms. The third kappa shape index (κ3) is 3.24. The van der Waals surface area contributed by atoms with Gasteiger partial charge in [0, 0.05) is 11.8 Å². The number of aryl methyl sites for hydroxylation is 1. The zero-order chi connectivity index (χ0) is 16.4. The minimum atomic E-state index is -0.493. The second-order valence-electron chi connectivity index (χ2n) is 4.73. The van der Waals surface area contributed by atoms with E-state index in [0.717, 1.165) is 11.8 Å². The first kappa shape index (κ1) is 15.2. The molecule has 2 aromatic heterocycles. The number of hydrogen-bond donors (Lipinski definition) is 2.